The number of hydrogen-bond acceptors (Lipinski definition) is 5. The average molecular weight is 425 g/mol. The van der Waals surface area contributed by atoms with Crippen LogP contribution in [0.25, 0.3) is 20.4 Å². The summed E-state index contributed by atoms with van der Waals surface area (Å²) in [7, 11) is 0. The van der Waals surface area contributed by atoms with Crippen molar-refractivity contribution >= 4 is 37.6 Å². The lowest BCUT2D eigenvalue weighted by Gasteiger charge is -2.23. The number of aryl methyl sites for hydroxylation is 1. The number of pyridine rings is 1. The number of rotatable bonds is 9. The first-order valence-electron chi connectivity index (χ1n) is 12.0. The highest BCUT2D eigenvalue weighted by Gasteiger charge is 2.24. The maximum absolute atomic E-state index is 5.22. The fourth-order valence-electron chi connectivity index (χ4n) is 4.73. The zero-order valence-electron chi connectivity index (χ0n) is 19.1. The van der Waals surface area contributed by atoms with E-state index in [2.05, 4.69) is 32.6 Å². The molecule has 0 radical (unpaired) electrons. The monoisotopic (exact) mass is 424 g/mol. The van der Waals surface area contributed by atoms with Gasteiger partial charge in [-0.1, -0.05) is 40.5 Å². The van der Waals surface area contributed by atoms with Gasteiger partial charge >= 0.3 is 0 Å². The number of nitrogens with zero attached hydrogens (tertiary/aromatic N) is 4. The molecule has 1 aliphatic rings. The van der Waals surface area contributed by atoms with E-state index in [0.29, 0.717) is 5.92 Å². The highest BCUT2D eigenvalue weighted by atomic mass is 32.1. The van der Waals surface area contributed by atoms with Crippen LogP contribution in [0.2, 0.25) is 0 Å². The second-order valence-corrected chi connectivity index (χ2v) is 10.2. The molecule has 0 aliphatic heterocycles. The van der Waals surface area contributed by atoms with Gasteiger partial charge in [-0.15, -0.1) is 11.3 Å². The summed E-state index contributed by atoms with van der Waals surface area (Å²) in [5.74, 6) is 1.75. The molecule has 0 saturated heterocycles. The smallest absolute Gasteiger partial charge is 0.150 e. The molecule has 0 spiro atoms. The fourth-order valence-corrected chi connectivity index (χ4v) is 5.92. The van der Waals surface area contributed by atoms with Gasteiger partial charge in [0.05, 0.1) is 10.2 Å². The van der Waals surface area contributed by atoms with Gasteiger partial charge in [-0.05, 0) is 62.0 Å². The topological polar surface area (TPSA) is 41.9 Å². The summed E-state index contributed by atoms with van der Waals surface area (Å²) in [6.45, 7) is 11.3. The lowest BCUT2D eigenvalue weighted by molar-refractivity contribution is 0.615. The highest BCUT2D eigenvalue weighted by molar-refractivity contribution is 7.26. The van der Waals surface area contributed by atoms with Crippen LogP contribution in [-0.2, 0) is 19.3 Å². The highest BCUT2D eigenvalue weighted by Crippen LogP contribution is 2.41. The summed E-state index contributed by atoms with van der Waals surface area (Å²) in [5.41, 5.74) is 5.53. The van der Waals surface area contributed by atoms with Crippen molar-refractivity contribution in [2.45, 2.75) is 85.5 Å². The van der Waals surface area contributed by atoms with Crippen LogP contribution in [-0.4, -0.2) is 28.0 Å². The minimum Gasteiger partial charge on any atom is -0.355 e. The Bertz CT molecular complexity index is 999. The summed E-state index contributed by atoms with van der Waals surface area (Å²) < 4.78 is 1.24. The third-order valence-electron chi connectivity index (χ3n) is 6.25. The van der Waals surface area contributed by atoms with E-state index in [0.717, 1.165) is 30.8 Å². The first-order chi connectivity index (χ1) is 14.6. The fraction of sp³-hybridized carbons (Fsp3) is 0.640. The molecule has 3 aromatic rings. The molecule has 1 aliphatic carbocycles. The Hall–Kier alpha value is -1.75. The first kappa shape index (κ1) is 21.5. The molecular weight excluding hydrogens is 388 g/mol. The molecule has 0 unspecified atom stereocenters. The van der Waals surface area contributed by atoms with Gasteiger partial charge < -0.3 is 4.90 Å². The van der Waals surface area contributed by atoms with Gasteiger partial charge in [0.15, 0.2) is 0 Å². The van der Waals surface area contributed by atoms with Crippen molar-refractivity contribution in [2.24, 2.45) is 5.92 Å². The van der Waals surface area contributed by atoms with E-state index in [-0.39, 0.29) is 0 Å². The van der Waals surface area contributed by atoms with Crippen LogP contribution in [0.15, 0.2) is 6.33 Å². The van der Waals surface area contributed by atoms with Crippen molar-refractivity contribution in [1.29, 1.82) is 0 Å². The molecule has 0 amide bonds. The van der Waals surface area contributed by atoms with E-state index in [1.165, 1.54) is 83.1 Å². The first-order valence-corrected chi connectivity index (χ1v) is 12.8. The number of thiophene rings is 1. The van der Waals surface area contributed by atoms with E-state index in [9.17, 15) is 0 Å². The summed E-state index contributed by atoms with van der Waals surface area (Å²) >= 11 is 1.82. The zero-order valence-corrected chi connectivity index (χ0v) is 19.9. The molecule has 0 bridgehead atoms. The SMILES string of the molecule is CCCCN(CCCC)c1ncnc2c1sc1nc(CC(C)C)c3c(c12)CCCC3. The van der Waals surface area contributed by atoms with E-state index in [1.54, 1.807) is 6.33 Å². The summed E-state index contributed by atoms with van der Waals surface area (Å²) in [6, 6.07) is 0. The predicted molar refractivity (Wildman–Crippen MR) is 130 cm³/mol. The quantitative estimate of drug-likeness (QED) is 0.382. The van der Waals surface area contributed by atoms with E-state index in [1.807, 2.05) is 11.3 Å². The number of anilines is 1. The van der Waals surface area contributed by atoms with Gasteiger partial charge in [-0.2, -0.15) is 0 Å². The number of aromatic nitrogens is 3. The zero-order chi connectivity index (χ0) is 21.1. The molecule has 162 valence electrons. The minimum atomic E-state index is 0.629. The van der Waals surface area contributed by atoms with Crippen LogP contribution in [0.1, 0.15) is 83.0 Å². The molecule has 4 nitrogen and oxygen atoms in total. The lowest BCUT2D eigenvalue weighted by Crippen LogP contribution is -2.26. The molecule has 0 saturated carbocycles. The molecular formula is C25H36N4S. The van der Waals surface area contributed by atoms with Crippen LogP contribution in [0.4, 0.5) is 5.82 Å². The Morgan fingerprint density at radius 1 is 1.00 bits per heavy atom. The third-order valence-corrected chi connectivity index (χ3v) is 7.32. The normalized spacial score (nSPS) is 14.0. The summed E-state index contributed by atoms with van der Waals surface area (Å²) in [6.07, 6.45) is 12.6. The van der Waals surface area contributed by atoms with E-state index in [4.69, 9.17) is 15.0 Å². The predicted octanol–water partition coefficient (Wildman–Crippen LogP) is 6.72. The number of unbranched alkanes of at least 4 members (excludes halogenated alkanes) is 2. The molecule has 0 fully saturated rings. The van der Waals surface area contributed by atoms with Crippen LogP contribution in [0.3, 0.4) is 0 Å². The van der Waals surface area contributed by atoms with Crippen molar-refractivity contribution in [3.63, 3.8) is 0 Å². The van der Waals surface area contributed by atoms with Gasteiger partial charge in [0.1, 0.15) is 17.0 Å². The third kappa shape index (κ3) is 4.18. The Balaban J connectivity index is 1.89. The van der Waals surface area contributed by atoms with Crippen molar-refractivity contribution in [3.8, 4) is 0 Å². The second-order valence-electron chi connectivity index (χ2n) is 9.17. The van der Waals surface area contributed by atoms with E-state index >= 15 is 0 Å². The van der Waals surface area contributed by atoms with E-state index < -0.39 is 0 Å². The number of fused-ring (bicyclic) bond motifs is 5. The molecule has 4 rings (SSSR count). The molecule has 5 heteroatoms. The van der Waals surface area contributed by atoms with Crippen molar-refractivity contribution in [1.82, 2.24) is 15.0 Å². The van der Waals surface area contributed by atoms with Gasteiger partial charge in [0, 0.05) is 24.2 Å². The Labute approximate surface area is 185 Å². The Kier molecular flexibility index (Phi) is 6.87. The van der Waals surface area contributed by atoms with Gasteiger partial charge in [0.2, 0.25) is 0 Å². The Morgan fingerprint density at radius 2 is 1.70 bits per heavy atom. The van der Waals surface area contributed by atoms with Gasteiger partial charge in [-0.3, -0.25) is 0 Å². The summed E-state index contributed by atoms with van der Waals surface area (Å²) in [4.78, 5) is 18.5. The molecule has 3 heterocycles. The van der Waals surface area contributed by atoms with Crippen LogP contribution in [0, 0.1) is 5.92 Å². The van der Waals surface area contributed by atoms with Crippen molar-refractivity contribution in [3.05, 3.63) is 23.1 Å². The standard InChI is InChI=1S/C25H36N4S/c1-5-7-13-29(14-8-6-2)24-23-22(26-16-27-24)21-19-12-10-9-11-18(19)20(15-17(3)4)28-25(21)30-23/h16-17H,5-15H2,1-4H3. The Morgan fingerprint density at radius 3 is 2.37 bits per heavy atom. The molecule has 0 aromatic carbocycles. The maximum atomic E-state index is 5.22. The van der Waals surface area contributed by atoms with Crippen LogP contribution in [0.5, 0.6) is 0 Å². The second kappa shape index (κ2) is 9.59. The summed E-state index contributed by atoms with van der Waals surface area (Å²) in [5, 5.41) is 1.33. The molecule has 3 aromatic heterocycles. The number of hydrogen-bond donors (Lipinski definition) is 0. The molecule has 0 N–H and O–H groups in total. The van der Waals surface area contributed by atoms with Crippen LogP contribution >= 0.6 is 11.3 Å². The minimum absolute atomic E-state index is 0.629. The average Bonchev–Trinajstić information content (AvgIpc) is 3.12. The maximum Gasteiger partial charge on any atom is 0.150 e. The van der Waals surface area contributed by atoms with Gasteiger partial charge in [0.25, 0.3) is 0 Å². The van der Waals surface area contributed by atoms with Crippen LogP contribution < -0.4 is 4.90 Å². The lowest BCUT2D eigenvalue weighted by atomic mass is 9.87. The molecule has 30 heavy (non-hydrogen) atoms. The van der Waals surface area contributed by atoms with Crippen molar-refractivity contribution in [2.75, 3.05) is 18.0 Å². The largest absolute Gasteiger partial charge is 0.355 e. The molecule has 0 atom stereocenters. The van der Waals surface area contributed by atoms with Crippen molar-refractivity contribution < 1.29 is 0 Å². The van der Waals surface area contributed by atoms with Gasteiger partial charge in [-0.25, -0.2) is 15.0 Å².